The summed E-state index contributed by atoms with van der Waals surface area (Å²) in [5.74, 6) is 0.829. The molecule has 0 aliphatic heterocycles. The molecule has 1 amide bonds. The maximum absolute atomic E-state index is 12.3. The topological polar surface area (TPSA) is 64.7 Å². The monoisotopic (exact) mass is 407 g/mol. The molecule has 148 valence electrons. The van der Waals surface area contributed by atoms with Crippen molar-refractivity contribution in [3.8, 4) is 5.82 Å². The Balaban J connectivity index is 1.50. The summed E-state index contributed by atoms with van der Waals surface area (Å²) >= 11 is 5.88. The van der Waals surface area contributed by atoms with Crippen molar-refractivity contribution in [2.24, 2.45) is 0 Å². The largest absolute Gasteiger partial charge is 0.326 e. The van der Waals surface area contributed by atoms with Crippen molar-refractivity contribution in [2.45, 2.75) is 33.2 Å². The van der Waals surface area contributed by atoms with Gasteiger partial charge in [-0.1, -0.05) is 11.6 Å². The van der Waals surface area contributed by atoms with E-state index < -0.39 is 0 Å². The number of anilines is 1. The van der Waals surface area contributed by atoms with E-state index in [0.29, 0.717) is 24.4 Å². The van der Waals surface area contributed by atoms with Gasteiger partial charge in [-0.2, -0.15) is 5.10 Å². The van der Waals surface area contributed by atoms with Gasteiger partial charge in [0.1, 0.15) is 0 Å². The third-order valence-electron chi connectivity index (χ3n) is 4.76. The van der Waals surface area contributed by atoms with E-state index in [4.69, 9.17) is 21.7 Å². The summed E-state index contributed by atoms with van der Waals surface area (Å²) in [5.41, 5.74) is 3.69. The van der Waals surface area contributed by atoms with Crippen LogP contribution >= 0.6 is 11.6 Å². The Bertz CT molecular complexity index is 1150. The summed E-state index contributed by atoms with van der Waals surface area (Å²) < 4.78 is 3.90. The van der Waals surface area contributed by atoms with Crippen molar-refractivity contribution in [3.05, 3.63) is 71.1 Å². The molecule has 1 N–H and O–H groups in total. The van der Waals surface area contributed by atoms with E-state index in [-0.39, 0.29) is 5.91 Å². The highest BCUT2D eigenvalue weighted by Gasteiger charge is 2.16. The Hall–Kier alpha value is -3.12. The Morgan fingerprint density at radius 2 is 1.86 bits per heavy atom. The second-order valence-electron chi connectivity index (χ2n) is 7.07. The maximum Gasteiger partial charge on any atom is 0.224 e. The van der Waals surface area contributed by atoms with Gasteiger partial charge < -0.3 is 9.88 Å². The molecule has 0 radical (unpaired) electrons. The fourth-order valence-electron chi connectivity index (χ4n) is 3.45. The molecule has 0 atom stereocenters. The van der Waals surface area contributed by atoms with Crippen LogP contribution in [0.1, 0.15) is 24.1 Å². The lowest BCUT2D eigenvalue weighted by atomic mass is 10.2. The number of hydrogen-bond acceptors (Lipinski definition) is 3. The third kappa shape index (κ3) is 4.17. The normalized spacial score (nSPS) is 11.1. The molecule has 4 aromatic rings. The van der Waals surface area contributed by atoms with E-state index in [0.717, 1.165) is 33.8 Å². The van der Waals surface area contributed by atoms with Crippen molar-refractivity contribution in [1.82, 2.24) is 19.3 Å². The summed E-state index contributed by atoms with van der Waals surface area (Å²) in [7, 11) is 0. The number of pyridine rings is 1. The molecule has 4 rings (SSSR count). The molecule has 0 fully saturated rings. The van der Waals surface area contributed by atoms with Crippen molar-refractivity contribution in [2.75, 3.05) is 5.32 Å². The van der Waals surface area contributed by atoms with Crippen LogP contribution in [-0.4, -0.2) is 25.2 Å². The van der Waals surface area contributed by atoms with Gasteiger partial charge in [0.15, 0.2) is 11.5 Å². The zero-order valence-electron chi connectivity index (χ0n) is 16.4. The lowest BCUT2D eigenvalue weighted by Gasteiger charge is -2.06. The minimum atomic E-state index is -0.0327. The SMILES string of the molecule is Cc1cc(C)c2c(-n3cccc3)nn(CCCC(=O)Nc3ccc(Cl)cc3)c2n1. The van der Waals surface area contributed by atoms with Gasteiger partial charge in [-0.3, -0.25) is 4.79 Å². The predicted octanol–water partition coefficient (Wildman–Crippen LogP) is 4.91. The fraction of sp³-hybridized carbons (Fsp3) is 0.227. The van der Waals surface area contributed by atoms with E-state index >= 15 is 0 Å². The minimum absolute atomic E-state index is 0.0327. The smallest absolute Gasteiger partial charge is 0.224 e. The zero-order chi connectivity index (χ0) is 20.4. The molecule has 0 unspecified atom stereocenters. The molecule has 1 aromatic carbocycles. The fourth-order valence-corrected chi connectivity index (χ4v) is 3.58. The Morgan fingerprint density at radius 3 is 2.59 bits per heavy atom. The van der Waals surface area contributed by atoms with Crippen LogP contribution in [0.15, 0.2) is 54.9 Å². The van der Waals surface area contributed by atoms with E-state index in [1.807, 2.05) is 40.7 Å². The maximum atomic E-state index is 12.3. The van der Waals surface area contributed by atoms with Gasteiger partial charge >= 0.3 is 0 Å². The lowest BCUT2D eigenvalue weighted by Crippen LogP contribution is -2.13. The van der Waals surface area contributed by atoms with Gasteiger partial charge in [0, 0.05) is 41.8 Å². The average Bonchev–Trinajstić information content (AvgIpc) is 3.32. The quantitative estimate of drug-likeness (QED) is 0.493. The number of amides is 1. The molecule has 0 saturated heterocycles. The summed E-state index contributed by atoms with van der Waals surface area (Å²) in [4.78, 5) is 17.0. The molecular weight excluding hydrogens is 386 g/mol. The molecule has 0 aliphatic rings. The summed E-state index contributed by atoms with van der Waals surface area (Å²) in [6, 6.07) is 13.1. The molecule has 0 spiro atoms. The first-order valence-electron chi connectivity index (χ1n) is 9.55. The third-order valence-corrected chi connectivity index (χ3v) is 5.01. The Morgan fingerprint density at radius 1 is 1.14 bits per heavy atom. The average molecular weight is 408 g/mol. The first-order valence-corrected chi connectivity index (χ1v) is 9.92. The highest BCUT2D eigenvalue weighted by Crippen LogP contribution is 2.25. The van der Waals surface area contributed by atoms with Gasteiger partial charge in [-0.15, -0.1) is 0 Å². The molecular formula is C22H22ClN5O. The number of hydrogen-bond donors (Lipinski definition) is 1. The first kappa shape index (κ1) is 19.2. The second-order valence-corrected chi connectivity index (χ2v) is 7.51. The van der Waals surface area contributed by atoms with Crippen LogP contribution in [-0.2, 0) is 11.3 Å². The van der Waals surface area contributed by atoms with Crippen LogP contribution in [0.25, 0.3) is 16.9 Å². The van der Waals surface area contributed by atoms with Gasteiger partial charge in [-0.05, 0) is 68.3 Å². The van der Waals surface area contributed by atoms with Gasteiger partial charge in [0.2, 0.25) is 5.91 Å². The molecule has 7 heteroatoms. The molecule has 6 nitrogen and oxygen atoms in total. The van der Waals surface area contributed by atoms with Gasteiger partial charge in [0.25, 0.3) is 0 Å². The number of nitrogens with zero attached hydrogens (tertiary/aromatic N) is 4. The standard InChI is InChI=1S/C22H22ClN5O/c1-15-14-16(2)24-21-20(15)22(27-11-3-4-12-27)26-28(21)13-5-6-19(29)25-18-9-7-17(23)8-10-18/h3-4,7-12,14H,5-6,13H2,1-2H3,(H,25,29). The van der Waals surface area contributed by atoms with Crippen LogP contribution in [0.2, 0.25) is 5.02 Å². The van der Waals surface area contributed by atoms with Gasteiger partial charge in [-0.25, -0.2) is 9.67 Å². The van der Waals surface area contributed by atoms with Crippen LogP contribution in [0.5, 0.6) is 0 Å². The lowest BCUT2D eigenvalue weighted by molar-refractivity contribution is -0.116. The molecule has 0 saturated carbocycles. The van der Waals surface area contributed by atoms with E-state index in [2.05, 4.69) is 18.3 Å². The van der Waals surface area contributed by atoms with Crippen molar-refractivity contribution in [1.29, 1.82) is 0 Å². The number of halogens is 1. The van der Waals surface area contributed by atoms with Crippen LogP contribution in [0, 0.1) is 13.8 Å². The number of benzene rings is 1. The minimum Gasteiger partial charge on any atom is -0.326 e. The van der Waals surface area contributed by atoms with Crippen LogP contribution in [0.4, 0.5) is 5.69 Å². The number of nitrogens with one attached hydrogen (secondary N) is 1. The first-order chi connectivity index (χ1) is 14.0. The highest BCUT2D eigenvalue weighted by atomic mass is 35.5. The van der Waals surface area contributed by atoms with Crippen molar-refractivity contribution in [3.63, 3.8) is 0 Å². The predicted molar refractivity (Wildman–Crippen MR) is 116 cm³/mol. The number of aromatic nitrogens is 4. The van der Waals surface area contributed by atoms with E-state index in [1.54, 1.807) is 24.3 Å². The van der Waals surface area contributed by atoms with Crippen molar-refractivity contribution >= 4 is 34.2 Å². The summed E-state index contributed by atoms with van der Waals surface area (Å²) in [5, 5.41) is 9.37. The number of rotatable bonds is 6. The molecule has 0 aliphatic carbocycles. The second kappa shape index (κ2) is 8.09. The van der Waals surface area contributed by atoms with E-state index in [1.165, 1.54) is 0 Å². The Kier molecular flexibility index (Phi) is 5.36. The zero-order valence-corrected chi connectivity index (χ0v) is 17.1. The molecule has 3 heterocycles. The Labute approximate surface area is 174 Å². The number of aryl methyl sites for hydroxylation is 3. The van der Waals surface area contributed by atoms with Crippen molar-refractivity contribution < 1.29 is 4.79 Å². The van der Waals surface area contributed by atoms with Crippen LogP contribution in [0.3, 0.4) is 0 Å². The molecule has 3 aromatic heterocycles. The highest BCUT2D eigenvalue weighted by molar-refractivity contribution is 6.30. The molecule has 29 heavy (non-hydrogen) atoms. The van der Waals surface area contributed by atoms with Gasteiger partial charge in [0.05, 0.1) is 5.39 Å². The molecule has 0 bridgehead atoms. The number of fused-ring (bicyclic) bond motifs is 1. The summed E-state index contributed by atoms with van der Waals surface area (Å²) in [6.45, 7) is 4.68. The number of carbonyl (C=O) groups is 1. The van der Waals surface area contributed by atoms with E-state index in [9.17, 15) is 4.79 Å². The number of carbonyl (C=O) groups excluding carboxylic acids is 1. The van der Waals surface area contributed by atoms with Crippen LogP contribution < -0.4 is 5.32 Å². The summed E-state index contributed by atoms with van der Waals surface area (Å²) in [6.07, 6.45) is 5.01.